The molecule has 32 heavy (non-hydrogen) atoms. The number of nitrogens with two attached hydrogens (primary N) is 1. The Morgan fingerprint density at radius 3 is 2.44 bits per heavy atom. The Kier molecular flexibility index (Phi) is 6.20. The average Bonchev–Trinajstić information content (AvgIpc) is 3.27. The molecule has 166 valence electrons. The summed E-state index contributed by atoms with van der Waals surface area (Å²) in [4.78, 5) is 19.5. The fourth-order valence-electron chi connectivity index (χ4n) is 3.79. The van der Waals surface area contributed by atoms with Crippen LogP contribution in [0.5, 0.6) is 0 Å². The molecule has 1 aliphatic heterocycles. The molecule has 3 aromatic rings. The number of halogens is 1. The van der Waals surface area contributed by atoms with Gasteiger partial charge in [-0.2, -0.15) is 4.99 Å². The van der Waals surface area contributed by atoms with Crippen molar-refractivity contribution >= 4 is 17.8 Å². The fraction of sp³-hybridized carbons (Fsp3) is 0.292. The minimum atomic E-state index is -0.281. The molecular formula is C24H26FN5O2. The summed E-state index contributed by atoms with van der Waals surface area (Å²) >= 11 is 0. The van der Waals surface area contributed by atoms with Gasteiger partial charge in [0.25, 0.3) is 5.88 Å². The number of amides is 1. The van der Waals surface area contributed by atoms with E-state index >= 15 is 0 Å². The predicted molar refractivity (Wildman–Crippen MR) is 121 cm³/mol. The summed E-state index contributed by atoms with van der Waals surface area (Å²) in [5.74, 6) is 0.211. The first-order chi connectivity index (χ1) is 15.4. The predicted octanol–water partition coefficient (Wildman–Crippen LogP) is 3.74. The number of benzene rings is 2. The van der Waals surface area contributed by atoms with Crippen molar-refractivity contribution in [1.82, 2.24) is 15.0 Å². The topological polar surface area (TPSA) is 88.0 Å². The van der Waals surface area contributed by atoms with E-state index in [1.165, 1.54) is 6.07 Å². The Morgan fingerprint density at radius 2 is 1.78 bits per heavy atom. The SMILES string of the molecule is CC(=O)N1CCN(/C(N)=N\c2cc(C(C)c3ccc(-c4ccccc4)c(F)c3)no2)CC1. The largest absolute Gasteiger partial charge is 0.369 e. The number of nitrogens with zero attached hydrogens (tertiary/aromatic N) is 4. The minimum Gasteiger partial charge on any atom is -0.369 e. The minimum absolute atomic E-state index is 0.0577. The molecule has 1 saturated heterocycles. The maximum Gasteiger partial charge on any atom is 0.253 e. The first-order valence-corrected chi connectivity index (χ1v) is 10.6. The molecule has 0 spiro atoms. The first-order valence-electron chi connectivity index (χ1n) is 10.6. The van der Waals surface area contributed by atoms with E-state index in [0.717, 1.165) is 11.1 Å². The number of hydrogen-bond acceptors (Lipinski definition) is 4. The number of hydrogen-bond donors (Lipinski definition) is 1. The number of carbonyl (C=O) groups excluding carboxylic acids is 1. The highest BCUT2D eigenvalue weighted by atomic mass is 19.1. The highest BCUT2D eigenvalue weighted by molar-refractivity contribution is 5.81. The van der Waals surface area contributed by atoms with Gasteiger partial charge >= 0.3 is 0 Å². The van der Waals surface area contributed by atoms with E-state index in [-0.39, 0.29) is 17.6 Å². The van der Waals surface area contributed by atoms with Crippen LogP contribution in [-0.2, 0) is 4.79 Å². The molecule has 1 fully saturated rings. The fourth-order valence-corrected chi connectivity index (χ4v) is 3.79. The first kappa shape index (κ1) is 21.5. The Labute approximate surface area is 186 Å². The molecule has 4 rings (SSSR count). The van der Waals surface area contributed by atoms with Crippen LogP contribution < -0.4 is 5.73 Å². The van der Waals surface area contributed by atoms with Crippen molar-refractivity contribution in [3.8, 4) is 11.1 Å². The van der Waals surface area contributed by atoms with E-state index in [4.69, 9.17) is 10.3 Å². The van der Waals surface area contributed by atoms with Gasteiger partial charge < -0.3 is 20.1 Å². The summed E-state index contributed by atoms with van der Waals surface area (Å²) < 4.78 is 20.1. The van der Waals surface area contributed by atoms with Crippen LogP contribution in [0.1, 0.15) is 31.0 Å². The van der Waals surface area contributed by atoms with Gasteiger partial charge in [0.05, 0.1) is 5.69 Å². The summed E-state index contributed by atoms with van der Waals surface area (Å²) in [5.41, 5.74) is 8.95. The Hall–Kier alpha value is -3.68. The van der Waals surface area contributed by atoms with Crippen LogP contribution in [0, 0.1) is 5.82 Å². The van der Waals surface area contributed by atoms with E-state index in [9.17, 15) is 9.18 Å². The third-order valence-electron chi connectivity index (χ3n) is 5.81. The lowest BCUT2D eigenvalue weighted by molar-refractivity contribution is -0.130. The van der Waals surface area contributed by atoms with Crippen molar-refractivity contribution in [1.29, 1.82) is 0 Å². The van der Waals surface area contributed by atoms with Gasteiger partial charge in [-0.3, -0.25) is 4.79 Å². The van der Waals surface area contributed by atoms with Gasteiger partial charge in [0.1, 0.15) is 5.82 Å². The standard InChI is InChI=1S/C24H26FN5O2/c1-16(19-8-9-20(21(25)14-19)18-6-4-3-5-7-18)22-15-23(32-28-22)27-24(26)30-12-10-29(11-13-30)17(2)31/h3-9,14-16H,10-13H2,1-2H3,(H2,26,27). The van der Waals surface area contributed by atoms with Gasteiger partial charge in [-0.05, 0) is 17.2 Å². The van der Waals surface area contributed by atoms with Gasteiger partial charge in [-0.25, -0.2) is 4.39 Å². The maximum atomic E-state index is 14.8. The number of aliphatic imine (C=N–C) groups is 1. The van der Waals surface area contributed by atoms with Crippen molar-refractivity contribution in [2.24, 2.45) is 10.7 Å². The van der Waals surface area contributed by atoms with Crippen LogP contribution in [0.15, 0.2) is 64.1 Å². The zero-order valence-corrected chi connectivity index (χ0v) is 18.2. The summed E-state index contributed by atoms with van der Waals surface area (Å²) in [6.07, 6.45) is 0. The number of rotatable bonds is 4. The molecule has 1 amide bonds. The van der Waals surface area contributed by atoms with E-state index in [0.29, 0.717) is 49.3 Å². The summed E-state index contributed by atoms with van der Waals surface area (Å²) in [6.45, 7) is 5.93. The Morgan fingerprint density at radius 1 is 1.09 bits per heavy atom. The van der Waals surface area contributed by atoms with Crippen LogP contribution in [0.2, 0.25) is 0 Å². The number of guanidine groups is 1. The molecule has 1 aromatic heterocycles. The summed E-state index contributed by atoms with van der Waals surface area (Å²) in [5, 5.41) is 4.10. The molecule has 2 heterocycles. The van der Waals surface area contributed by atoms with E-state index in [2.05, 4.69) is 10.1 Å². The molecule has 2 aromatic carbocycles. The second kappa shape index (κ2) is 9.21. The molecular weight excluding hydrogens is 409 g/mol. The molecule has 2 N–H and O–H groups in total. The van der Waals surface area contributed by atoms with Gasteiger partial charge in [0.15, 0.2) is 5.96 Å². The summed E-state index contributed by atoms with van der Waals surface area (Å²) in [7, 11) is 0. The van der Waals surface area contributed by atoms with Crippen LogP contribution in [0.25, 0.3) is 11.1 Å². The van der Waals surface area contributed by atoms with Crippen LogP contribution >= 0.6 is 0 Å². The van der Waals surface area contributed by atoms with Crippen LogP contribution in [0.4, 0.5) is 10.3 Å². The normalized spacial score (nSPS) is 15.7. The molecule has 0 radical (unpaired) electrons. The number of aromatic nitrogens is 1. The Bertz CT molecular complexity index is 1120. The zero-order chi connectivity index (χ0) is 22.7. The third kappa shape index (κ3) is 4.64. The molecule has 1 unspecified atom stereocenters. The van der Waals surface area contributed by atoms with Gasteiger partial charge in [0.2, 0.25) is 5.91 Å². The Balaban J connectivity index is 1.46. The molecule has 7 nitrogen and oxygen atoms in total. The summed E-state index contributed by atoms with van der Waals surface area (Å²) in [6, 6.07) is 16.4. The molecule has 0 saturated carbocycles. The van der Waals surface area contributed by atoms with Crippen molar-refractivity contribution < 1.29 is 13.7 Å². The third-order valence-corrected chi connectivity index (χ3v) is 5.81. The lowest BCUT2D eigenvalue weighted by atomic mass is 9.95. The van der Waals surface area contributed by atoms with E-state index in [1.54, 1.807) is 24.0 Å². The van der Waals surface area contributed by atoms with Gasteiger partial charge in [-0.1, -0.05) is 54.5 Å². The molecule has 0 aliphatic carbocycles. The zero-order valence-electron chi connectivity index (χ0n) is 18.2. The van der Waals surface area contributed by atoms with E-state index in [1.807, 2.05) is 48.2 Å². The molecule has 1 atom stereocenters. The van der Waals surface area contributed by atoms with Crippen molar-refractivity contribution in [3.63, 3.8) is 0 Å². The van der Waals surface area contributed by atoms with Crippen molar-refractivity contribution in [2.45, 2.75) is 19.8 Å². The van der Waals surface area contributed by atoms with E-state index < -0.39 is 0 Å². The molecule has 8 heteroatoms. The highest BCUT2D eigenvalue weighted by Gasteiger charge is 2.21. The smallest absolute Gasteiger partial charge is 0.253 e. The van der Waals surface area contributed by atoms with Gasteiger partial charge in [0, 0.05) is 50.7 Å². The molecule has 0 bridgehead atoms. The monoisotopic (exact) mass is 435 g/mol. The van der Waals surface area contributed by atoms with Crippen LogP contribution in [-0.4, -0.2) is 53.0 Å². The lowest BCUT2D eigenvalue weighted by Gasteiger charge is -2.34. The number of piperazine rings is 1. The maximum absolute atomic E-state index is 14.8. The lowest BCUT2D eigenvalue weighted by Crippen LogP contribution is -2.52. The average molecular weight is 436 g/mol. The number of carbonyl (C=O) groups is 1. The van der Waals surface area contributed by atoms with Gasteiger partial charge in [-0.15, -0.1) is 0 Å². The quantitative estimate of drug-likeness (QED) is 0.498. The second-order valence-corrected chi connectivity index (χ2v) is 7.88. The molecule has 1 aliphatic rings. The van der Waals surface area contributed by atoms with Crippen LogP contribution in [0.3, 0.4) is 0 Å². The van der Waals surface area contributed by atoms with Crippen molar-refractivity contribution in [3.05, 3.63) is 71.7 Å². The second-order valence-electron chi connectivity index (χ2n) is 7.88. The van der Waals surface area contributed by atoms with Crippen molar-refractivity contribution in [2.75, 3.05) is 26.2 Å². The highest BCUT2D eigenvalue weighted by Crippen LogP contribution is 2.30.